The van der Waals surface area contributed by atoms with Crippen LogP contribution in [0, 0.1) is 0 Å². The lowest BCUT2D eigenvalue weighted by Gasteiger charge is -2.37. The summed E-state index contributed by atoms with van der Waals surface area (Å²) >= 11 is 0. The number of nitrogens with zero attached hydrogens (tertiary/aromatic N) is 2. The molecule has 8 nitrogen and oxygen atoms in total. The van der Waals surface area contributed by atoms with Gasteiger partial charge in [-0.15, -0.1) is 0 Å². The van der Waals surface area contributed by atoms with Crippen molar-refractivity contribution in [2.45, 2.75) is 44.7 Å². The van der Waals surface area contributed by atoms with E-state index in [1.807, 2.05) is 25.1 Å². The highest BCUT2D eigenvalue weighted by atomic mass is 16.6. The minimum Gasteiger partial charge on any atom is -0.493 e. The molecular formula is C41H46N2O6. The third-order valence-corrected chi connectivity index (χ3v) is 10.1. The highest BCUT2D eigenvalue weighted by Gasteiger charge is 2.35. The number of benzene rings is 4. The normalized spacial score (nSPS) is 18.7. The summed E-state index contributed by atoms with van der Waals surface area (Å²) < 4.78 is 37.9. The molecule has 0 saturated heterocycles. The second-order valence-corrected chi connectivity index (χ2v) is 13.5. The van der Waals surface area contributed by atoms with Crippen LogP contribution in [0.25, 0.3) is 0 Å². The van der Waals surface area contributed by atoms with E-state index in [2.05, 4.69) is 72.9 Å². The van der Waals surface area contributed by atoms with Crippen molar-refractivity contribution in [2.24, 2.45) is 0 Å². The Bertz CT molecular complexity index is 1870. The molecule has 8 rings (SSSR count). The van der Waals surface area contributed by atoms with Crippen molar-refractivity contribution in [2.75, 3.05) is 55.1 Å². The Labute approximate surface area is 289 Å². The quantitative estimate of drug-likeness (QED) is 0.192. The van der Waals surface area contributed by atoms with Crippen LogP contribution >= 0.6 is 0 Å². The van der Waals surface area contributed by atoms with Gasteiger partial charge in [-0.05, 0) is 123 Å². The molecule has 4 aliphatic heterocycles. The van der Waals surface area contributed by atoms with Crippen LogP contribution < -0.4 is 28.4 Å². The Morgan fingerprint density at radius 2 is 1.37 bits per heavy atom. The maximum absolute atomic E-state index is 7.14. The maximum Gasteiger partial charge on any atom is 0.204 e. The van der Waals surface area contributed by atoms with Crippen molar-refractivity contribution in [3.63, 3.8) is 0 Å². The Balaban J connectivity index is 1.47. The van der Waals surface area contributed by atoms with Gasteiger partial charge in [0, 0.05) is 30.7 Å². The van der Waals surface area contributed by atoms with Crippen molar-refractivity contribution in [3.8, 4) is 46.0 Å². The third kappa shape index (κ3) is 6.43. The van der Waals surface area contributed by atoms with Crippen molar-refractivity contribution in [3.05, 3.63) is 106 Å². The fourth-order valence-corrected chi connectivity index (χ4v) is 7.41. The zero-order valence-corrected chi connectivity index (χ0v) is 29.4. The van der Waals surface area contributed by atoms with Gasteiger partial charge in [-0.1, -0.05) is 24.8 Å². The van der Waals surface area contributed by atoms with Crippen molar-refractivity contribution >= 4 is 0 Å². The second kappa shape index (κ2) is 13.7. The van der Waals surface area contributed by atoms with Crippen molar-refractivity contribution < 1.29 is 28.4 Å². The SMILES string of the molecule is C=C(C)COc1c(OC)cc2c3c1Oc1cc4c(cc1OC)CCN(C)C4Cc1ccc(cc1)Oc1cc(ccc1OC)CC3N(C)CC2. The van der Waals surface area contributed by atoms with Gasteiger partial charge in [-0.25, -0.2) is 0 Å². The number of ether oxygens (including phenoxy) is 6. The predicted molar refractivity (Wildman–Crippen MR) is 191 cm³/mol. The molecule has 256 valence electrons. The molecule has 0 N–H and O–H groups in total. The zero-order chi connectivity index (χ0) is 34.2. The highest BCUT2D eigenvalue weighted by molar-refractivity contribution is 5.64. The van der Waals surface area contributed by atoms with Crippen LogP contribution in [0.1, 0.15) is 52.4 Å². The fourth-order valence-electron chi connectivity index (χ4n) is 7.41. The molecule has 4 aliphatic rings. The van der Waals surface area contributed by atoms with E-state index in [1.165, 1.54) is 22.3 Å². The van der Waals surface area contributed by atoms with Gasteiger partial charge < -0.3 is 28.4 Å². The molecule has 0 spiro atoms. The van der Waals surface area contributed by atoms with Crippen molar-refractivity contribution in [1.82, 2.24) is 9.80 Å². The fraction of sp³-hybridized carbons (Fsp3) is 0.366. The average molecular weight is 663 g/mol. The van der Waals surface area contributed by atoms with E-state index in [-0.39, 0.29) is 12.1 Å². The summed E-state index contributed by atoms with van der Waals surface area (Å²) in [6.07, 6.45) is 3.32. The Morgan fingerprint density at radius 1 is 0.735 bits per heavy atom. The smallest absolute Gasteiger partial charge is 0.204 e. The standard InChI is InChI=1S/C41H46N2O6/c1-25(2)24-47-40-38(46-7)22-29-15-17-43(4)33-19-27-10-13-34(44-5)36(20-27)48-30-11-8-26(9-12-30)18-32-31-23-37(49-41(40)39(29)33)35(45-6)21-28(31)14-16-42(32)3/h8-13,20-23,32-33H,1,14-19,24H2,2-7H3. The Morgan fingerprint density at radius 3 is 2.08 bits per heavy atom. The van der Waals surface area contributed by atoms with E-state index in [0.717, 1.165) is 54.8 Å². The molecule has 0 fully saturated rings. The molecule has 4 aromatic rings. The molecule has 49 heavy (non-hydrogen) atoms. The Hall–Kier alpha value is -4.66. The molecule has 0 amide bonds. The van der Waals surface area contributed by atoms with Gasteiger partial charge in [-0.3, -0.25) is 9.80 Å². The molecule has 4 aromatic carbocycles. The summed E-state index contributed by atoms with van der Waals surface area (Å²) in [5, 5.41) is 0. The molecule has 0 aromatic heterocycles. The van der Waals surface area contributed by atoms with Crippen LogP contribution in [-0.4, -0.2) is 64.9 Å². The number of hydrogen-bond donors (Lipinski definition) is 0. The van der Waals surface area contributed by atoms with Crippen LogP contribution in [0.5, 0.6) is 46.0 Å². The molecule has 8 heteroatoms. The van der Waals surface area contributed by atoms with E-state index in [0.29, 0.717) is 53.3 Å². The first-order valence-corrected chi connectivity index (χ1v) is 17.0. The van der Waals surface area contributed by atoms with Gasteiger partial charge in [0.15, 0.2) is 34.5 Å². The molecular weight excluding hydrogens is 616 g/mol. The lowest BCUT2D eigenvalue weighted by Crippen LogP contribution is -2.34. The molecule has 4 heterocycles. The minimum atomic E-state index is -0.0289. The lowest BCUT2D eigenvalue weighted by molar-refractivity contribution is 0.219. The molecule has 2 atom stereocenters. The Kier molecular flexibility index (Phi) is 9.18. The van der Waals surface area contributed by atoms with Crippen LogP contribution in [0.4, 0.5) is 0 Å². The zero-order valence-electron chi connectivity index (χ0n) is 29.4. The molecule has 6 bridgehead atoms. The summed E-state index contributed by atoms with van der Waals surface area (Å²) in [5.74, 6) is 5.33. The van der Waals surface area contributed by atoms with E-state index in [9.17, 15) is 0 Å². The number of likely N-dealkylation sites (N-methyl/N-ethyl adjacent to an activating group) is 2. The third-order valence-electron chi connectivity index (χ3n) is 10.1. The van der Waals surface area contributed by atoms with Crippen LogP contribution in [-0.2, 0) is 25.7 Å². The minimum absolute atomic E-state index is 0.0289. The number of fused-ring (bicyclic) bond motifs is 2. The second-order valence-electron chi connectivity index (χ2n) is 13.5. The van der Waals surface area contributed by atoms with Gasteiger partial charge in [0.05, 0.1) is 21.3 Å². The van der Waals surface area contributed by atoms with E-state index >= 15 is 0 Å². The number of rotatable bonds is 6. The summed E-state index contributed by atoms with van der Waals surface area (Å²) in [5.41, 5.74) is 8.00. The first-order chi connectivity index (χ1) is 23.8. The van der Waals surface area contributed by atoms with Crippen LogP contribution in [0.3, 0.4) is 0 Å². The summed E-state index contributed by atoms with van der Waals surface area (Å²) in [6.45, 7) is 8.22. The summed E-state index contributed by atoms with van der Waals surface area (Å²) in [6, 6.07) is 21.2. The van der Waals surface area contributed by atoms with E-state index < -0.39 is 0 Å². The lowest BCUT2D eigenvalue weighted by atomic mass is 9.87. The topological polar surface area (TPSA) is 61.9 Å². The monoisotopic (exact) mass is 662 g/mol. The van der Waals surface area contributed by atoms with Crippen molar-refractivity contribution in [1.29, 1.82) is 0 Å². The van der Waals surface area contributed by atoms with Gasteiger partial charge >= 0.3 is 0 Å². The molecule has 0 radical (unpaired) electrons. The van der Waals surface area contributed by atoms with Gasteiger partial charge in [0.25, 0.3) is 0 Å². The first-order valence-electron chi connectivity index (χ1n) is 17.0. The van der Waals surface area contributed by atoms with E-state index in [1.54, 1.807) is 21.3 Å². The first kappa shape index (κ1) is 32.9. The highest BCUT2D eigenvalue weighted by Crippen LogP contribution is 2.52. The van der Waals surface area contributed by atoms with Crippen LogP contribution in [0.15, 0.2) is 72.8 Å². The largest absolute Gasteiger partial charge is 0.493 e. The summed E-state index contributed by atoms with van der Waals surface area (Å²) in [4.78, 5) is 4.82. The van der Waals surface area contributed by atoms with Crippen LogP contribution in [0.2, 0.25) is 0 Å². The average Bonchev–Trinajstić information content (AvgIpc) is 3.10. The molecule has 0 aliphatic carbocycles. The molecule has 0 saturated carbocycles. The van der Waals surface area contributed by atoms with Gasteiger partial charge in [0.2, 0.25) is 5.75 Å². The number of methoxy groups -OCH3 is 3. The van der Waals surface area contributed by atoms with Gasteiger partial charge in [-0.2, -0.15) is 0 Å². The maximum atomic E-state index is 7.14. The molecule has 2 unspecified atom stereocenters. The van der Waals surface area contributed by atoms with Gasteiger partial charge in [0.1, 0.15) is 12.4 Å². The number of hydrogen-bond acceptors (Lipinski definition) is 8. The summed E-state index contributed by atoms with van der Waals surface area (Å²) in [7, 11) is 9.44. The predicted octanol–water partition coefficient (Wildman–Crippen LogP) is 8.11. The van der Waals surface area contributed by atoms with E-state index in [4.69, 9.17) is 28.4 Å².